The smallest absolute Gasteiger partial charge is 0.224 e. The standard InChI is InChI=1S/C19H21NO2/c1-3-15-4-6-16(7-5-15)8-13-19(22)20-18-11-9-17(10-12-18)14(2)21/h4-7,9-12H,3,8,13H2,1-2H3,(H,20,22). The Balaban J connectivity index is 1.85. The van der Waals surface area contributed by atoms with Crippen LogP contribution in [0.15, 0.2) is 48.5 Å². The van der Waals surface area contributed by atoms with E-state index in [4.69, 9.17) is 0 Å². The Morgan fingerprint density at radius 1 is 0.909 bits per heavy atom. The Kier molecular flexibility index (Phi) is 5.48. The van der Waals surface area contributed by atoms with E-state index in [0.717, 1.165) is 18.5 Å². The van der Waals surface area contributed by atoms with Gasteiger partial charge >= 0.3 is 0 Å². The van der Waals surface area contributed by atoms with Crippen molar-refractivity contribution in [2.24, 2.45) is 0 Å². The monoisotopic (exact) mass is 295 g/mol. The van der Waals surface area contributed by atoms with Gasteiger partial charge in [-0.05, 0) is 55.2 Å². The molecule has 114 valence electrons. The molecule has 2 aromatic carbocycles. The number of anilines is 1. The molecule has 0 bridgehead atoms. The van der Waals surface area contributed by atoms with Crippen molar-refractivity contribution in [2.75, 3.05) is 5.32 Å². The summed E-state index contributed by atoms with van der Waals surface area (Å²) in [5.74, 6) is 0.00328. The maximum atomic E-state index is 11.9. The lowest BCUT2D eigenvalue weighted by atomic mass is 10.1. The summed E-state index contributed by atoms with van der Waals surface area (Å²) in [5, 5.41) is 2.85. The fourth-order valence-corrected chi connectivity index (χ4v) is 2.21. The van der Waals surface area contributed by atoms with Crippen LogP contribution in [0.25, 0.3) is 0 Å². The number of benzene rings is 2. The second kappa shape index (κ2) is 7.55. The maximum absolute atomic E-state index is 11.9. The summed E-state index contributed by atoms with van der Waals surface area (Å²) in [4.78, 5) is 23.1. The van der Waals surface area contributed by atoms with Gasteiger partial charge in [0.1, 0.15) is 0 Å². The van der Waals surface area contributed by atoms with Crippen LogP contribution in [0.4, 0.5) is 5.69 Å². The number of nitrogens with one attached hydrogen (secondary N) is 1. The second-order valence-corrected chi connectivity index (χ2v) is 5.35. The number of carbonyl (C=O) groups excluding carboxylic acids is 2. The SMILES string of the molecule is CCc1ccc(CCC(=O)Nc2ccc(C(C)=O)cc2)cc1. The topological polar surface area (TPSA) is 46.2 Å². The largest absolute Gasteiger partial charge is 0.326 e. The van der Waals surface area contributed by atoms with Crippen LogP contribution in [0.3, 0.4) is 0 Å². The van der Waals surface area contributed by atoms with E-state index < -0.39 is 0 Å². The van der Waals surface area contributed by atoms with E-state index in [-0.39, 0.29) is 11.7 Å². The number of hydrogen-bond acceptors (Lipinski definition) is 2. The van der Waals surface area contributed by atoms with Crippen LogP contribution in [0.1, 0.15) is 41.8 Å². The summed E-state index contributed by atoms with van der Waals surface area (Å²) in [6.07, 6.45) is 2.19. The third-order valence-corrected chi connectivity index (χ3v) is 3.65. The molecule has 3 nitrogen and oxygen atoms in total. The third kappa shape index (κ3) is 4.55. The van der Waals surface area contributed by atoms with Gasteiger partial charge in [0.25, 0.3) is 0 Å². The number of hydrogen-bond donors (Lipinski definition) is 1. The van der Waals surface area contributed by atoms with Gasteiger partial charge in [-0.2, -0.15) is 0 Å². The lowest BCUT2D eigenvalue weighted by molar-refractivity contribution is -0.116. The molecule has 0 heterocycles. The zero-order chi connectivity index (χ0) is 15.9. The molecule has 2 aromatic rings. The van der Waals surface area contributed by atoms with Gasteiger partial charge in [0.05, 0.1) is 0 Å². The van der Waals surface area contributed by atoms with E-state index in [1.54, 1.807) is 24.3 Å². The molecule has 0 aliphatic rings. The van der Waals surface area contributed by atoms with Crippen LogP contribution in [0.2, 0.25) is 0 Å². The van der Waals surface area contributed by atoms with Gasteiger partial charge in [-0.3, -0.25) is 9.59 Å². The van der Waals surface area contributed by atoms with Gasteiger partial charge in [0.2, 0.25) is 5.91 Å². The number of rotatable bonds is 6. The minimum Gasteiger partial charge on any atom is -0.326 e. The number of aryl methyl sites for hydroxylation is 2. The Morgan fingerprint density at radius 2 is 1.50 bits per heavy atom. The molecule has 1 N–H and O–H groups in total. The number of carbonyl (C=O) groups is 2. The van der Waals surface area contributed by atoms with Crippen LogP contribution in [0.5, 0.6) is 0 Å². The maximum Gasteiger partial charge on any atom is 0.224 e. The van der Waals surface area contributed by atoms with Crippen LogP contribution in [-0.4, -0.2) is 11.7 Å². The van der Waals surface area contributed by atoms with Gasteiger partial charge in [-0.15, -0.1) is 0 Å². The van der Waals surface area contributed by atoms with E-state index in [9.17, 15) is 9.59 Å². The van der Waals surface area contributed by atoms with Crippen LogP contribution in [0, 0.1) is 0 Å². The Labute approximate surface area is 131 Å². The third-order valence-electron chi connectivity index (χ3n) is 3.65. The normalized spacial score (nSPS) is 10.3. The van der Waals surface area contributed by atoms with Crippen molar-refractivity contribution in [1.29, 1.82) is 0 Å². The molecule has 2 rings (SSSR count). The molecule has 0 aliphatic heterocycles. The highest BCUT2D eigenvalue weighted by molar-refractivity contribution is 5.95. The second-order valence-electron chi connectivity index (χ2n) is 5.35. The molecule has 3 heteroatoms. The first kappa shape index (κ1) is 16.0. The molecule has 0 aliphatic carbocycles. The van der Waals surface area contributed by atoms with Gasteiger partial charge < -0.3 is 5.32 Å². The minimum atomic E-state index is -0.0184. The minimum absolute atomic E-state index is 0.0184. The van der Waals surface area contributed by atoms with Crippen LogP contribution >= 0.6 is 0 Å². The van der Waals surface area contributed by atoms with Crippen molar-refractivity contribution >= 4 is 17.4 Å². The van der Waals surface area contributed by atoms with Crippen molar-refractivity contribution in [3.8, 4) is 0 Å². The summed E-state index contributed by atoms with van der Waals surface area (Å²) in [6, 6.07) is 15.3. The molecular weight excluding hydrogens is 274 g/mol. The fourth-order valence-electron chi connectivity index (χ4n) is 2.21. The number of Topliss-reactive ketones (excluding diaryl/α,β-unsaturated/α-hetero) is 1. The fraction of sp³-hybridized carbons (Fsp3) is 0.263. The van der Waals surface area contributed by atoms with Crippen molar-refractivity contribution in [2.45, 2.75) is 33.1 Å². The molecule has 0 spiro atoms. The van der Waals surface area contributed by atoms with Crippen molar-refractivity contribution in [1.82, 2.24) is 0 Å². The Bertz CT molecular complexity index is 642. The molecular formula is C19H21NO2. The molecule has 1 amide bonds. The summed E-state index contributed by atoms with van der Waals surface area (Å²) in [7, 11) is 0. The lowest BCUT2D eigenvalue weighted by Gasteiger charge is -2.06. The first-order valence-corrected chi connectivity index (χ1v) is 7.57. The van der Waals surface area contributed by atoms with Gasteiger partial charge in [0, 0.05) is 17.7 Å². The Morgan fingerprint density at radius 3 is 2.05 bits per heavy atom. The quantitative estimate of drug-likeness (QED) is 0.818. The van der Waals surface area contributed by atoms with E-state index in [1.165, 1.54) is 18.1 Å². The highest BCUT2D eigenvalue weighted by atomic mass is 16.1. The predicted octanol–water partition coefficient (Wildman–Crippen LogP) is 4.02. The van der Waals surface area contributed by atoms with Crippen molar-refractivity contribution in [3.05, 3.63) is 65.2 Å². The average Bonchev–Trinajstić information content (AvgIpc) is 2.54. The number of ketones is 1. The van der Waals surface area contributed by atoms with Crippen molar-refractivity contribution in [3.63, 3.8) is 0 Å². The predicted molar refractivity (Wildman–Crippen MR) is 89.2 cm³/mol. The molecule has 0 saturated heterocycles. The summed E-state index contributed by atoms with van der Waals surface area (Å²) < 4.78 is 0. The molecule has 0 atom stereocenters. The van der Waals surface area contributed by atoms with Crippen LogP contribution < -0.4 is 5.32 Å². The summed E-state index contributed by atoms with van der Waals surface area (Å²) in [6.45, 7) is 3.65. The molecule has 0 unspecified atom stereocenters. The zero-order valence-corrected chi connectivity index (χ0v) is 13.1. The highest BCUT2D eigenvalue weighted by Gasteiger charge is 2.04. The first-order valence-electron chi connectivity index (χ1n) is 7.57. The van der Waals surface area contributed by atoms with E-state index in [1.807, 2.05) is 0 Å². The number of amides is 1. The zero-order valence-electron chi connectivity index (χ0n) is 13.1. The first-order chi connectivity index (χ1) is 10.6. The van der Waals surface area contributed by atoms with E-state index in [0.29, 0.717) is 12.0 Å². The summed E-state index contributed by atoms with van der Waals surface area (Å²) >= 11 is 0. The van der Waals surface area contributed by atoms with Gasteiger partial charge in [-0.1, -0.05) is 31.2 Å². The molecule has 0 saturated carbocycles. The van der Waals surface area contributed by atoms with Crippen molar-refractivity contribution < 1.29 is 9.59 Å². The van der Waals surface area contributed by atoms with E-state index >= 15 is 0 Å². The molecule has 0 fully saturated rings. The average molecular weight is 295 g/mol. The molecule has 0 radical (unpaired) electrons. The Hall–Kier alpha value is -2.42. The summed E-state index contributed by atoms with van der Waals surface area (Å²) in [5.41, 5.74) is 3.84. The molecule has 0 aromatic heterocycles. The van der Waals surface area contributed by atoms with Crippen LogP contribution in [-0.2, 0) is 17.6 Å². The van der Waals surface area contributed by atoms with Gasteiger partial charge in [0.15, 0.2) is 5.78 Å². The molecule has 22 heavy (non-hydrogen) atoms. The van der Waals surface area contributed by atoms with E-state index in [2.05, 4.69) is 36.5 Å². The highest BCUT2D eigenvalue weighted by Crippen LogP contribution is 2.12. The lowest BCUT2D eigenvalue weighted by Crippen LogP contribution is -2.12. The van der Waals surface area contributed by atoms with Gasteiger partial charge in [-0.25, -0.2) is 0 Å².